The van der Waals surface area contributed by atoms with Gasteiger partial charge in [-0.15, -0.1) is 0 Å². The van der Waals surface area contributed by atoms with Gasteiger partial charge in [-0.1, -0.05) is 45.2 Å². The van der Waals surface area contributed by atoms with E-state index in [4.69, 9.17) is 4.74 Å². The molecule has 1 aromatic carbocycles. The third-order valence-electron chi connectivity index (χ3n) is 4.73. The predicted molar refractivity (Wildman–Crippen MR) is 115 cm³/mol. The maximum Gasteiger partial charge on any atom is 0.232 e. The number of unbranched alkanes of at least 4 members (excludes halogenated alkanes) is 1. The first-order valence-corrected chi connectivity index (χ1v) is 12.1. The first-order chi connectivity index (χ1) is 13.3. The van der Waals surface area contributed by atoms with Crippen molar-refractivity contribution in [2.24, 2.45) is 5.92 Å². The molecule has 0 saturated heterocycles. The Hall–Kier alpha value is -1.76. The Labute approximate surface area is 170 Å². The van der Waals surface area contributed by atoms with Gasteiger partial charge in [0.25, 0.3) is 0 Å². The number of hydrogen-bond acceptors (Lipinski definition) is 4. The number of carbonyl (C=O) groups excluding carboxylic acids is 1. The zero-order valence-electron chi connectivity index (χ0n) is 17.7. The molecule has 0 aliphatic carbocycles. The van der Waals surface area contributed by atoms with Crippen LogP contribution in [-0.4, -0.2) is 40.3 Å². The van der Waals surface area contributed by atoms with Crippen LogP contribution in [0.3, 0.4) is 0 Å². The van der Waals surface area contributed by atoms with Crippen LogP contribution in [0.5, 0.6) is 5.75 Å². The van der Waals surface area contributed by atoms with E-state index >= 15 is 0 Å². The molecule has 0 fully saturated rings. The van der Waals surface area contributed by atoms with Gasteiger partial charge in [0.1, 0.15) is 5.75 Å². The number of anilines is 1. The number of nitrogens with zero attached hydrogens (tertiary/aromatic N) is 1. The average molecular weight is 413 g/mol. The van der Waals surface area contributed by atoms with Crippen molar-refractivity contribution in [1.82, 2.24) is 5.32 Å². The van der Waals surface area contributed by atoms with Crippen LogP contribution >= 0.6 is 0 Å². The summed E-state index contributed by atoms with van der Waals surface area (Å²) in [7, 11) is -3.48. The van der Waals surface area contributed by atoms with E-state index in [0.717, 1.165) is 19.3 Å². The SMILES string of the molecule is CCCC[C@@H](CC)CNC(=O)CCCN(c1ccccc1OCC)S(C)(=O)=O. The van der Waals surface area contributed by atoms with Crippen molar-refractivity contribution in [2.45, 2.75) is 59.3 Å². The summed E-state index contributed by atoms with van der Waals surface area (Å²) in [5.74, 6) is 1.01. The number of carbonyl (C=O) groups is 1. The quantitative estimate of drug-likeness (QED) is 0.502. The smallest absolute Gasteiger partial charge is 0.232 e. The molecule has 0 bridgehead atoms. The van der Waals surface area contributed by atoms with Crippen LogP contribution in [0, 0.1) is 5.92 Å². The summed E-state index contributed by atoms with van der Waals surface area (Å²) in [6, 6.07) is 7.08. The number of ether oxygens (including phenoxy) is 1. The molecule has 7 heteroatoms. The van der Waals surface area contributed by atoms with E-state index in [0.29, 0.717) is 43.3 Å². The standard InChI is InChI=1S/C21H36N2O4S/c1-5-8-12-18(6-2)17-22-21(24)15-11-16-23(28(4,25)26)19-13-9-10-14-20(19)27-7-3/h9-10,13-14,18H,5-8,11-12,15-17H2,1-4H3,(H,22,24)/t18-/m1/s1. The number of amides is 1. The summed E-state index contributed by atoms with van der Waals surface area (Å²) in [6.45, 7) is 7.56. The predicted octanol–water partition coefficient (Wildman–Crippen LogP) is 3.96. The Balaban J connectivity index is 2.63. The van der Waals surface area contributed by atoms with Crippen molar-refractivity contribution in [2.75, 3.05) is 30.3 Å². The normalized spacial score (nSPS) is 12.4. The third-order valence-corrected chi connectivity index (χ3v) is 5.91. The second-order valence-electron chi connectivity index (χ2n) is 7.06. The molecule has 0 aromatic heterocycles. The number of rotatable bonds is 14. The van der Waals surface area contributed by atoms with Gasteiger partial charge in [0.05, 0.1) is 18.6 Å². The Bertz CT molecular complexity index is 691. The minimum absolute atomic E-state index is 0.0264. The van der Waals surface area contributed by atoms with Crippen LogP contribution < -0.4 is 14.4 Å². The highest BCUT2D eigenvalue weighted by molar-refractivity contribution is 7.92. The van der Waals surface area contributed by atoms with Gasteiger partial charge in [-0.2, -0.15) is 0 Å². The summed E-state index contributed by atoms with van der Waals surface area (Å²) < 4.78 is 31.5. The molecule has 0 spiro atoms. The fourth-order valence-corrected chi connectivity index (χ4v) is 4.05. The second-order valence-corrected chi connectivity index (χ2v) is 8.97. The van der Waals surface area contributed by atoms with E-state index < -0.39 is 10.0 Å². The maximum absolute atomic E-state index is 12.3. The Morgan fingerprint density at radius 2 is 1.89 bits per heavy atom. The summed E-state index contributed by atoms with van der Waals surface area (Å²) in [5, 5.41) is 2.99. The fourth-order valence-electron chi connectivity index (χ4n) is 3.08. The van der Waals surface area contributed by atoms with Crippen molar-refractivity contribution in [3.8, 4) is 5.75 Å². The molecule has 160 valence electrons. The number of para-hydroxylation sites is 2. The van der Waals surface area contributed by atoms with Gasteiger partial charge in [0.15, 0.2) is 0 Å². The molecule has 0 heterocycles. The van der Waals surface area contributed by atoms with E-state index in [1.807, 2.05) is 13.0 Å². The summed E-state index contributed by atoms with van der Waals surface area (Å²) in [6.07, 6.45) is 6.44. The Morgan fingerprint density at radius 3 is 2.50 bits per heavy atom. The maximum atomic E-state index is 12.3. The lowest BCUT2D eigenvalue weighted by molar-refractivity contribution is -0.121. The molecule has 1 rings (SSSR count). The van der Waals surface area contributed by atoms with E-state index in [-0.39, 0.29) is 12.5 Å². The van der Waals surface area contributed by atoms with Crippen molar-refractivity contribution in [3.63, 3.8) is 0 Å². The van der Waals surface area contributed by atoms with Gasteiger partial charge >= 0.3 is 0 Å². The van der Waals surface area contributed by atoms with Gasteiger partial charge in [0, 0.05) is 19.5 Å². The van der Waals surface area contributed by atoms with Gasteiger partial charge < -0.3 is 10.1 Å². The monoisotopic (exact) mass is 412 g/mol. The molecule has 1 N–H and O–H groups in total. The summed E-state index contributed by atoms with van der Waals surface area (Å²) in [5.41, 5.74) is 0.512. The van der Waals surface area contributed by atoms with E-state index in [1.165, 1.54) is 17.0 Å². The molecule has 1 atom stereocenters. The van der Waals surface area contributed by atoms with Crippen molar-refractivity contribution < 1.29 is 17.9 Å². The first-order valence-electron chi connectivity index (χ1n) is 10.3. The number of sulfonamides is 1. The molecule has 1 aromatic rings. The van der Waals surface area contributed by atoms with Crippen LogP contribution in [0.15, 0.2) is 24.3 Å². The highest BCUT2D eigenvalue weighted by Gasteiger charge is 2.21. The average Bonchev–Trinajstić information content (AvgIpc) is 2.65. The lowest BCUT2D eigenvalue weighted by Gasteiger charge is -2.24. The number of benzene rings is 1. The molecule has 0 aliphatic rings. The zero-order chi connectivity index (χ0) is 21.0. The fraction of sp³-hybridized carbons (Fsp3) is 0.667. The van der Waals surface area contributed by atoms with E-state index in [9.17, 15) is 13.2 Å². The summed E-state index contributed by atoms with van der Waals surface area (Å²) in [4.78, 5) is 12.2. The van der Waals surface area contributed by atoms with Crippen molar-refractivity contribution >= 4 is 21.6 Å². The molecule has 0 saturated carbocycles. The molecule has 0 radical (unpaired) electrons. The van der Waals surface area contributed by atoms with Crippen LogP contribution in [0.4, 0.5) is 5.69 Å². The molecule has 0 aliphatic heterocycles. The topological polar surface area (TPSA) is 75.7 Å². The van der Waals surface area contributed by atoms with Gasteiger partial charge in [0.2, 0.25) is 15.9 Å². The van der Waals surface area contributed by atoms with Crippen LogP contribution in [0.2, 0.25) is 0 Å². The molecular formula is C21H36N2O4S. The second kappa shape index (κ2) is 12.6. The Kier molecular flexibility index (Phi) is 11.0. The van der Waals surface area contributed by atoms with E-state index in [2.05, 4.69) is 19.2 Å². The summed E-state index contributed by atoms with van der Waals surface area (Å²) >= 11 is 0. The first kappa shape index (κ1) is 24.3. The minimum atomic E-state index is -3.48. The van der Waals surface area contributed by atoms with Crippen molar-refractivity contribution in [1.29, 1.82) is 0 Å². The molecular weight excluding hydrogens is 376 g/mol. The largest absolute Gasteiger partial charge is 0.492 e. The lowest BCUT2D eigenvalue weighted by Crippen LogP contribution is -2.33. The van der Waals surface area contributed by atoms with Crippen molar-refractivity contribution in [3.05, 3.63) is 24.3 Å². The lowest BCUT2D eigenvalue weighted by atomic mass is 9.99. The highest BCUT2D eigenvalue weighted by atomic mass is 32.2. The molecule has 6 nitrogen and oxygen atoms in total. The minimum Gasteiger partial charge on any atom is -0.492 e. The molecule has 1 amide bonds. The zero-order valence-corrected chi connectivity index (χ0v) is 18.6. The third kappa shape index (κ3) is 8.50. The van der Waals surface area contributed by atoms with Crippen LogP contribution in [0.25, 0.3) is 0 Å². The number of nitrogens with one attached hydrogen (secondary N) is 1. The van der Waals surface area contributed by atoms with Gasteiger partial charge in [-0.05, 0) is 37.8 Å². The number of hydrogen-bond donors (Lipinski definition) is 1. The van der Waals surface area contributed by atoms with Gasteiger partial charge in [-0.3, -0.25) is 9.10 Å². The van der Waals surface area contributed by atoms with Crippen LogP contribution in [0.1, 0.15) is 59.3 Å². The highest BCUT2D eigenvalue weighted by Crippen LogP contribution is 2.30. The Morgan fingerprint density at radius 1 is 1.18 bits per heavy atom. The van der Waals surface area contributed by atoms with Gasteiger partial charge in [-0.25, -0.2) is 8.42 Å². The molecule has 28 heavy (non-hydrogen) atoms. The van der Waals surface area contributed by atoms with Crippen LogP contribution in [-0.2, 0) is 14.8 Å². The molecule has 0 unspecified atom stereocenters. The van der Waals surface area contributed by atoms with E-state index in [1.54, 1.807) is 18.2 Å².